The molecule has 2 aromatic carbocycles. The molecule has 21 heavy (non-hydrogen) atoms. The lowest BCUT2D eigenvalue weighted by Gasteiger charge is -2.15. The molecule has 0 saturated heterocycles. The summed E-state index contributed by atoms with van der Waals surface area (Å²) in [5, 5.41) is 0.463. The van der Waals surface area contributed by atoms with E-state index in [1.54, 1.807) is 18.2 Å². The Morgan fingerprint density at radius 2 is 1.76 bits per heavy atom. The molecule has 6 heteroatoms. The van der Waals surface area contributed by atoms with Crippen LogP contribution in [0.1, 0.15) is 0 Å². The second kappa shape index (κ2) is 5.85. The van der Waals surface area contributed by atoms with E-state index in [0.717, 1.165) is 5.69 Å². The summed E-state index contributed by atoms with van der Waals surface area (Å²) in [6, 6.07) is 11.1. The van der Waals surface area contributed by atoms with Gasteiger partial charge in [0.15, 0.2) is 0 Å². The highest BCUT2D eigenvalue weighted by Gasteiger charge is 2.31. The average Bonchev–Trinajstić information content (AvgIpc) is 2.36. The molecule has 2 nitrogen and oxygen atoms in total. The fourth-order valence-corrected chi connectivity index (χ4v) is 2.16. The van der Waals surface area contributed by atoms with E-state index in [1.807, 2.05) is 25.1 Å². The number of benzene rings is 2. The number of rotatable bonds is 3. The van der Waals surface area contributed by atoms with Crippen LogP contribution in [0.3, 0.4) is 0 Å². The topological polar surface area (TPSA) is 12.5 Å². The van der Waals surface area contributed by atoms with Crippen molar-refractivity contribution in [3.63, 3.8) is 0 Å². The van der Waals surface area contributed by atoms with Crippen LogP contribution in [-0.4, -0.2) is 20.5 Å². The second-order valence-corrected chi connectivity index (χ2v) is 5.04. The Labute approximate surface area is 125 Å². The van der Waals surface area contributed by atoms with Gasteiger partial charge in [0.1, 0.15) is 5.75 Å². The Kier molecular flexibility index (Phi) is 4.32. The number of halogens is 4. The molecule has 2 aromatic rings. The number of anilines is 1. The summed E-state index contributed by atoms with van der Waals surface area (Å²) in [6.07, 6.45) is -4.71. The molecule has 0 bridgehead atoms. The van der Waals surface area contributed by atoms with Gasteiger partial charge in [0.2, 0.25) is 0 Å². The van der Waals surface area contributed by atoms with Crippen molar-refractivity contribution in [2.24, 2.45) is 0 Å². The van der Waals surface area contributed by atoms with Crippen LogP contribution in [0.4, 0.5) is 18.9 Å². The van der Waals surface area contributed by atoms with Crippen LogP contribution in [-0.2, 0) is 0 Å². The number of hydrogen-bond acceptors (Lipinski definition) is 2. The Bertz CT molecular complexity index is 641. The van der Waals surface area contributed by atoms with Crippen molar-refractivity contribution >= 4 is 17.3 Å². The van der Waals surface area contributed by atoms with E-state index in [9.17, 15) is 13.2 Å². The molecule has 0 aliphatic carbocycles. The van der Waals surface area contributed by atoms with Crippen molar-refractivity contribution < 1.29 is 17.9 Å². The maximum atomic E-state index is 12.2. The zero-order chi connectivity index (χ0) is 15.6. The molecule has 0 spiro atoms. The van der Waals surface area contributed by atoms with Gasteiger partial charge in [0, 0.05) is 25.3 Å². The SMILES string of the molecule is CN(C)c1ccc(-c2cccc(OC(F)(F)F)c2)c(Cl)c1. The lowest BCUT2D eigenvalue weighted by atomic mass is 10.0. The van der Waals surface area contributed by atoms with E-state index >= 15 is 0 Å². The Balaban J connectivity index is 2.36. The summed E-state index contributed by atoms with van der Waals surface area (Å²) in [5.41, 5.74) is 2.12. The van der Waals surface area contributed by atoms with Gasteiger partial charge in [-0.15, -0.1) is 13.2 Å². The molecule has 0 atom stereocenters. The molecule has 0 N–H and O–H groups in total. The van der Waals surface area contributed by atoms with Gasteiger partial charge in [-0.3, -0.25) is 0 Å². The Morgan fingerprint density at radius 3 is 2.33 bits per heavy atom. The third kappa shape index (κ3) is 4.04. The lowest BCUT2D eigenvalue weighted by molar-refractivity contribution is -0.274. The van der Waals surface area contributed by atoms with E-state index in [4.69, 9.17) is 11.6 Å². The van der Waals surface area contributed by atoms with E-state index in [0.29, 0.717) is 16.1 Å². The molecule has 0 aliphatic rings. The molecule has 0 radical (unpaired) electrons. The molecule has 112 valence electrons. The first-order valence-electron chi connectivity index (χ1n) is 6.09. The van der Waals surface area contributed by atoms with Gasteiger partial charge in [-0.1, -0.05) is 29.8 Å². The Morgan fingerprint density at radius 1 is 1.05 bits per heavy atom. The van der Waals surface area contributed by atoms with E-state index in [1.165, 1.54) is 18.2 Å². The van der Waals surface area contributed by atoms with Crippen molar-refractivity contribution in [1.82, 2.24) is 0 Å². The molecular weight excluding hydrogens is 303 g/mol. The van der Waals surface area contributed by atoms with Crippen LogP contribution in [0.5, 0.6) is 5.75 Å². The van der Waals surface area contributed by atoms with E-state index in [2.05, 4.69) is 4.74 Å². The molecule has 0 unspecified atom stereocenters. The number of ether oxygens (including phenoxy) is 1. The lowest BCUT2D eigenvalue weighted by Crippen LogP contribution is -2.17. The molecule has 0 heterocycles. The van der Waals surface area contributed by atoms with Crippen LogP contribution in [0, 0.1) is 0 Å². The normalized spacial score (nSPS) is 11.3. The monoisotopic (exact) mass is 315 g/mol. The van der Waals surface area contributed by atoms with Crippen molar-refractivity contribution in [1.29, 1.82) is 0 Å². The van der Waals surface area contributed by atoms with Crippen LogP contribution < -0.4 is 9.64 Å². The summed E-state index contributed by atoms with van der Waals surface area (Å²) >= 11 is 6.20. The molecule has 0 fully saturated rings. The maximum Gasteiger partial charge on any atom is 0.573 e. The average molecular weight is 316 g/mol. The Hall–Kier alpha value is -1.88. The smallest absolute Gasteiger partial charge is 0.406 e. The van der Waals surface area contributed by atoms with Crippen LogP contribution in [0.15, 0.2) is 42.5 Å². The first-order valence-corrected chi connectivity index (χ1v) is 6.47. The molecule has 0 amide bonds. The van der Waals surface area contributed by atoms with Gasteiger partial charge in [0.25, 0.3) is 0 Å². The zero-order valence-corrected chi connectivity index (χ0v) is 12.2. The summed E-state index contributed by atoms with van der Waals surface area (Å²) < 4.78 is 40.6. The second-order valence-electron chi connectivity index (χ2n) is 4.63. The minimum absolute atomic E-state index is 0.271. The van der Waals surface area contributed by atoms with Crippen molar-refractivity contribution in [2.45, 2.75) is 6.36 Å². The predicted molar refractivity (Wildman–Crippen MR) is 77.9 cm³/mol. The largest absolute Gasteiger partial charge is 0.573 e. The predicted octanol–water partition coefficient (Wildman–Crippen LogP) is 4.97. The van der Waals surface area contributed by atoms with Crippen LogP contribution in [0.2, 0.25) is 5.02 Å². The summed E-state index contributed by atoms with van der Waals surface area (Å²) in [4.78, 5) is 1.89. The maximum absolute atomic E-state index is 12.2. The van der Waals surface area contributed by atoms with Crippen molar-refractivity contribution in [3.8, 4) is 16.9 Å². The molecular formula is C15H13ClF3NO. The fraction of sp³-hybridized carbons (Fsp3) is 0.200. The minimum Gasteiger partial charge on any atom is -0.406 e. The summed E-state index contributed by atoms with van der Waals surface area (Å²) in [6.45, 7) is 0. The molecule has 2 rings (SSSR count). The highest BCUT2D eigenvalue weighted by Crippen LogP contribution is 2.33. The fourth-order valence-electron chi connectivity index (χ4n) is 1.88. The highest BCUT2D eigenvalue weighted by molar-refractivity contribution is 6.33. The zero-order valence-electron chi connectivity index (χ0n) is 11.4. The summed E-state index contributed by atoms with van der Waals surface area (Å²) in [5.74, 6) is -0.271. The number of hydrogen-bond donors (Lipinski definition) is 0. The molecule has 0 aromatic heterocycles. The summed E-state index contributed by atoms with van der Waals surface area (Å²) in [7, 11) is 3.76. The quantitative estimate of drug-likeness (QED) is 0.792. The van der Waals surface area contributed by atoms with E-state index in [-0.39, 0.29) is 5.75 Å². The van der Waals surface area contributed by atoms with Gasteiger partial charge >= 0.3 is 6.36 Å². The standard InChI is InChI=1S/C15H13ClF3NO/c1-20(2)11-6-7-13(14(16)9-11)10-4-3-5-12(8-10)21-15(17,18)19/h3-9H,1-2H3. The molecule has 0 saturated carbocycles. The minimum atomic E-state index is -4.71. The number of nitrogens with zero attached hydrogens (tertiary/aromatic N) is 1. The highest BCUT2D eigenvalue weighted by atomic mass is 35.5. The van der Waals surface area contributed by atoms with Gasteiger partial charge in [-0.25, -0.2) is 0 Å². The molecule has 0 aliphatic heterocycles. The van der Waals surface area contributed by atoms with Gasteiger partial charge < -0.3 is 9.64 Å². The third-order valence-electron chi connectivity index (χ3n) is 2.85. The van der Waals surface area contributed by atoms with E-state index < -0.39 is 6.36 Å². The first kappa shape index (κ1) is 15.5. The first-order chi connectivity index (χ1) is 9.76. The van der Waals surface area contributed by atoms with Crippen LogP contribution >= 0.6 is 11.6 Å². The van der Waals surface area contributed by atoms with Gasteiger partial charge in [0.05, 0.1) is 5.02 Å². The van der Waals surface area contributed by atoms with Crippen molar-refractivity contribution in [3.05, 3.63) is 47.5 Å². The van der Waals surface area contributed by atoms with Crippen molar-refractivity contribution in [2.75, 3.05) is 19.0 Å². The van der Waals surface area contributed by atoms with Gasteiger partial charge in [-0.05, 0) is 29.8 Å². The van der Waals surface area contributed by atoms with Crippen LogP contribution in [0.25, 0.3) is 11.1 Å². The third-order valence-corrected chi connectivity index (χ3v) is 3.16. The van der Waals surface area contributed by atoms with Gasteiger partial charge in [-0.2, -0.15) is 0 Å². The number of alkyl halides is 3.